The van der Waals surface area contributed by atoms with Gasteiger partial charge in [-0.05, 0) is 37.4 Å². The molecule has 18 heavy (non-hydrogen) atoms. The highest BCUT2D eigenvalue weighted by molar-refractivity contribution is 8.01. The number of thioether (sulfide) groups is 1. The molecule has 3 rings (SSSR count). The maximum absolute atomic E-state index is 12.2. The SMILES string of the molecule is O=C(N[C@@H]1CCCNC1)C1Cc2ccccc2S1. The van der Waals surface area contributed by atoms with Gasteiger partial charge >= 0.3 is 0 Å². The molecule has 0 aliphatic carbocycles. The molecule has 0 spiro atoms. The van der Waals surface area contributed by atoms with E-state index in [1.54, 1.807) is 11.8 Å². The highest BCUT2D eigenvalue weighted by Gasteiger charge is 2.29. The fraction of sp³-hybridized carbons (Fsp3) is 0.500. The van der Waals surface area contributed by atoms with Crippen LogP contribution in [0.1, 0.15) is 18.4 Å². The molecule has 1 fully saturated rings. The molecule has 1 aromatic carbocycles. The van der Waals surface area contributed by atoms with Crippen LogP contribution in [0.25, 0.3) is 0 Å². The van der Waals surface area contributed by atoms with Crippen LogP contribution < -0.4 is 10.6 Å². The van der Waals surface area contributed by atoms with E-state index in [1.165, 1.54) is 10.5 Å². The Hall–Kier alpha value is -1.00. The van der Waals surface area contributed by atoms with Gasteiger partial charge in [-0.3, -0.25) is 4.79 Å². The Balaban J connectivity index is 1.58. The average molecular weight is 262 g/mol. The molecule has 2 heterocycles. The average Bonchev–Trinajstić information content (AvgIpc) is 2.84. The molecule has 2 aliphatic rings. The minimum Gasteiger partial charge on any atom is -0.351 e. The van der Waals surface area contributed by atoms with Crippen LogP contribution in [0.5, 0.6) is 0 Å². The Kier molecular flexibility index (Phi) is 3.57. The van der Waals surface area contributed by atoms with Gasteiger partial charge in [0.15, 0.2) is 0 Å². The summed E-state index contributed by atoms with van der Waals surface area (Å²) >= 11 is 1.70. The van der Waals surface area contributed by atoms with Crippen LogP contribution in [0.4, 0.5) is 0 Å². The van der Waals surface area contributed by atoms with Crippen LogP contribution in [0, 0.1) is 0 Å². The number of rotatable bonds is 2. The molecule has 2 atom stereocenters. The number of benzene rings is 1. The van der Waals surface area contributed by atoms with Crippen LogP contribution in [0.2, 0.25) is 0 Å². The van der Waals surface area contributed by atoms with Crippen molar-refractivity contribution in [3.05, 3.63) is 29.8 Å². The van der Waals surface area contributed by atoms with E-state index in [4.69, 9.17) is 0 Å². The normalized spacial score (nSPS) is 26.7. The van der Waals surface area contributed by atoms with Gasteiger partial charge in [0.25, 0.3) is 0 Å². The lowest BCUT2D eigenvalue weighted by Gasteiger charge is -2.24. The third-order valence-corrected chi connectivity index (χ3v) is 4.90. The summed E-state index contributed by atoms with van der Waals surface area (Å²) in [5, 5.41) is 6.56. The molecule has 2 aliphatic heterocycles. The zero-order valence-corrected chi connectivity index (χ0v) is 11.1. The minimum atomic E-state index is 0.0596. The molecule has 1 unspecified atom stereocenters. The van der Waals surface area contributed by atoms with Crippen molar-refractivity contribution in [2.45, 2.75) is 35.4 Å². The first-order chi connectivity index (χ1) is 8.83. The van der Waals surface area contributed by atoms with Gasteiger partial charge in [0.2, 0.25) is 5.91 Å². The summed E-state index contributed by atoms with van der Waals surface area (Å²) in [6.07, 6.45) is 3.12. The second kappa shape index (κ2) is 5.33. The second-order valence-corrected chi connectivity index (χ2v) is 6.21. The number of hydrogen-bond acceptors (Lipinski definition) is 3. The van der Waals surface area contributed by atoms with Crippen LogP contribution in [-0.2, 0) is 11.2 Å². The van der Waals surface area contributed by atoms with Gasteiger partial charge in [0, 0.05) is 17.5 Å². The van der Waals surface area contributed by atoms with Crippen molar-refractivity contribution in [1.29, 1.82) is 0 Å². The zero-order valence-electron chi connectivity index (χ0n) is 10.3. The first-order valence-corrected chi connectivity index (χ1v) is 7.46. The third-order valence-electron chi connectivity index (χ3n) is 3.58. The van der Waals surface area contributed by atoms with E-state index in [1.807, 2.05) is 12.1 Å². The topological polar surface area (TPSA) is 41.1 Å². The standard InChI is InChI=1S/C14H18N2OS/c17-14(16-11-5-3-7-15-9-11)13-8-10-4-1-2-6-12(10)18-13/h1-2,4,6,11,13,15H,3,5,7-9H2,(H,16,17)/t11-,13?/m1/s1. The molecule has 4 heteroatoms. The number of carbonyl (C=O) groups excluding carboxylic acids is 1. The number of carbonyl (C=O) groups is 1. The number of amides is 1. The Morgan fingerprint density at radius 2 is 2.28 bits per heavy atom. The molecule has 2 N–H and O–H groups in total. The van der Waals surface area contributed by atoms with E-state index in [-0.39, 0.29) is 11.2 Å². The van der Waals surface area contributed by atoms with E-state index in [9.17, 15) is 4.79 Å². The third kappa shape index (κ3) is 2.54. The van der Waals surface area contributed by atoms with Crippen molar-refractivity contribution in [1.82, 2.24) is 10.6 Å². The molecule has 0 saturated carbocycles. The molecular weight excluding hydrogens is 244 g/mol. The smallest absolute Gasteiger partial charge is 0.234 e. The minimum absolute atomic E-state index is 0.0596. The summed E-state index contributed by atoms with van der Waals surface area (Å²) < 4.78 is 0. The number of piperidine rings is 1. The summed E-state index contributed by atoms with van der Waals surface area (Å²) in [6, 6.07) is 8.63. The lowest BCUT2D eigenvalue weighted by Crippen LogP contribution is -2.48. The highest BCUT2D eigenvalue weighted by atomic mass is 32.2. The molecule has 1 saturated heterocycles. The molecule has 96 valence electrons. The summed E-state index contributed by atoms with van der Waals surface area (Å²) in [4.78, 5) is 13.5. The summed E-state index contributed by atoms with van der Waals surface area (Å²) in [5.41, 5.74) is 1.31. The molecular formula is C14H18N2OS. The molecule has 0 bridgehead atoms. The number of nitrogens with one attached hydrogen (secondary N) is 2. The Morgan fingerprint density at radius 1 is 1.39 bits per heavy atom. The van der Waals surface area contributed by atoms with Crippen LogP contribution in [0.15, 0.2) is 29.2 Å². The lowest BCUT2D eigenvalue weighted by atomic mass is 10.1. The monoisotopic (exact) mass is 262 g/mol. The van der Waals surface area contributed by atoms with Crippen molar-refractivity contribution in [3.8, 4) is 0 Å². The maximum atomic E-state index is 12.2. The van der Waals surface area contributed by atoms with E-state index in [0.29, 0.717) is 6.04 Å². The van der Waals surface area contributed by atoms with Crippen molar-refractivity contribution in [3.63, 3.8) is 0 Å². The van der Waals surface area contributed by atoms with Crippen molar-refractivity contribution in [2.24, 2.45) is 0 Å². The fourth-order valence-electron chi connectivity index (χ4n) is 2.60. The maximum Gasteiger partial charge on any atom is 0.234 e. The molecule has 1 aromatic rings. The van der Waals surface area contributed by atoms with Crippen molar-refractivity contribution >= 4 is 17.7 Å². The van der Waals surface area contributed by atoms with Crippen LogP contribution in [-0.4, -0.2) is 30.3 Å². The van der Waals surface area contributed by atoms with Crippen LogP contribution in [0.3, 0.4) is 0 Å². The second-order valence-electron chi connectivity index (χ2n) is 4.97. The molecule has 3 nitrogen and oxygen atoms in total. The molecule has 1 amide bonds. The molecule has 0 aromatic heterocycles. The van der Waals surface area contributed by atoms with Gasteiger partial charge in [0.1, 0.15) is 0 Å². The van der Waals surface area contributed by atoms with Gasteiger partial charge in [-0.1, -0.05) is 18.2 Å². The van der Waals surface area contributed by atoms with Gasteiger partial charge < -0.3 is 10.6 Å². The predicted octanol–water partition coefficient (Wildman–Crippen LogP) is 1.57. The first kappa shape index (κ1) is 12.1. The van der Waals surface area contributed by atoms with E-state index in [0.717, 1.165) is 32.4 Å². The predicted molar refractivity (Wildman–Crippen MR) is 73.8 cm³/mol. The van der Waals surface area contributed by atoms with Gasteiger partial charge in [-0.15, -0.1) is 11.8 Å². The van der Waals surface area contributed by atoms with Gasteiger partial charge in [-0.2, -0.15) is 0 Å². The summed E-state index contributed by atoms with van der Waals surface area (Å²) in [7, 11) is 0. The van der Waals surface area contributed by atoms with Crippen molar-refractivity contribution in [2.75, 3.05) is 13.1 Å². The number of hydrogen-bond donors (Lipinski definition) is 2. The lowest BCUT2D eigenvalue weighted by molar-refractivity contribution is -0.121. The summed E-state index contributed by atoms with van der Waals surface area (Å²) in [5.74, 6) is 0.199. The Labute approximate surface area is 112 Å². The Morgan fingerprint density at radius 3 is 3.06 bits per heavy atom. The van der Waals surface area contributed by atoms with E-state index < -0.39 is 0 Å². The van der Waals surface area contributed by atoms with Gasteiger partial charge in [-0.25, -0.2) is 0 Å². The first-order valence-electron chi connectivity index (χ1n) is 6.58. The zero-order chi connectivity index (χ0) is 12.4. The van der Waals surface area contributed by atoms with Crippen molar-refractivity contribution < 1.29 is 4.79 Å². The largest absolute Gasteiger partial charge is 0.351 e. The van der Waals surface area contributed by atoms with Gasteiger partial charge in [0.05, 0.1) is 5.25 Å². The van der Waals surface area contributed by atoms with E-state index in [2.05, 4.69) is 22.8 Å². The Bertz CT molecular complexity index is 418. The van der Waals surface area contributed by atoms with E-state index >= 15 is 0 Å². The number of fused-ring (bicyclic) bond motifs is 1. The van der Waals surface area contributed by atoms with Crippen LogP contribution >= 0.6 is 11.8 Å². The highest BCUT2D eigenvalue weighted by Crippen LogP contribution is 2.36. The fourth-order valence-corrected chi connectivity index (χ4v) is 3.80. The summed E-state index contributed by atoms with van der Waals surface area (Å²) in [6.45, 7) is 1.99. The molecule has 0 radical (unpaired) electrons. The quantitative estimate of drug-likeness (QED) is 0.850.